The number of carbonyl (C=O) groups excluding carboxylic acids is 1. The lowest BCUT2D eigenvalue weighted by molar-refractivity contribution is 0.252. The first kappa shape index (κ1) is 18.8. The fourth-order valence-electron chi connectivity index (χ4n) is 2.85. The van der Waals surface area contributed by atoms with Crippen LogP contribution < -0.4 is 20.9 Å². The lowest BCUT2D eigenvalue weighted by Gasteiger charge is -2.17. The van der Waals surface area contributed by atoms with E-state index in [0.717, 1.165) is 55.6 Å². The van der Waals surface area contributed by atoms with Gasteiger partial charge in [-0.05, 0) is 31.9 Å². The molecule has 9 heteroatoms. The number of nitrogens with zero attached hydrogens (tertiary/aromatic N) is 3. The summed E-state index contributed by atoms with van der Waals surface area (Å²) in [7, 11) is 0. The van der Waals surface area contributed by atoms with Crippen molar-refractivity contribution in [3.63, 3.8) is 0 Å². The van der Waals surface area contributed by atoms with Gasteiger partial charge in [0.15, 0.2) is 0 Å². The van der Waals surface area contributed by atoms with E-state index in [4.69, 9.17) is 0 Å². The van der Waals surface area contributed by atoms with E-state index < -0.39 is 17.7 Å². The van der Waals surface area contributed by atoms with E-state index in [-0.39, 0.29) is 12.2 Å². The number of rotatable bonds is 6. The molecule has 2 amide bonds. The molecule has 2 aromatic rings. The predicted octanol–water partition coefficient (Wildman–Crippen LogP) is 2.90. The minimum absolute atomic E-state index is 0.210. The molecule has 144 valence electrons. The standard InChI is InChI=1S/C18H22F2N6O/c1-12-10-16(26-8-2-3-9-26)25-17(23-12)21-6-7-22-18(27)24-15-11-13(19)4-5-14(15)20/h4-5,10-11H,2-3,6-9H2,1H3,(H,21,23,25)(H2,22,24,27). The molecule has 0 radical (unpaired) electrons. The van der Waals surface area contributed by atoms with Gasteiger partial charge in [0.25, 0.3) is 0 Å². The lowest BCUT2D eigenvalue weighted by Crippen LogP contribution is -2.33. The molecule has 0 aliphatic carbocycles. The summed E-state index contributed by atoms with van der Waals surface area (Å²) in [6, 6.07) is 4.20. The fourth-order valence-corrected chi connectivity index (χ4v) is 2.85. The van der Waals surface area contributed by atoms with Gasteiger partial charge < -0.3 is 20.9 Å². The molecule has 0 atom stereocenters. The number of aryl methyl sites for hydroxylation is 1. The summed E-state index contributed by atoms with van der Waals surface area (Å²) >= 11 is 0. The van der Waals surface area contributed by atoms with Gasteiger partial charge in [-0.2, -0.15) is 4.98 Å². The minimum Gasteiger partial charge on any atom is -0.356 e. The van der Waals surface area contributed by atoms with Crippen molar-refractivity contribution in [2.24, 2.45) is 0 Å². The van der Waals surface area contributed by atoms with Crippen LogP contribution in [-0.4, -0.2) is 42.2 Å². The van der Waals surface area contributed by atoms with Crippen LogP contribution in [0.1, 0.15) is 18.5 Å². The Labute approximate surface area is 156 Å². The first-order chi connectivity index (χ1) is 13.0. The molecule has 7 nitrogen and oxygen atoms in total. The van der Waals surface area contributed by atoms with E-state index in [1.807, 2.05) is 13.0 Å². The first-order valence-corrected chi connectivity index (χ1v) is 8.86. The second-order valence-electron chi connectivity index (χ2n) is 6.32. The van der Waals surface area contributed by atoms with E-state index in [2.05, 4.69) is 30.8 Å². The third-order valence-corrected chi connectivity index (χ3v) is 4.14. The summed E-state index contributed by atoms with van der Waals surface area (Å²) in [5.74, 6) is 0.0658. The van der Waals surface area contributed by atoms with Crippen LogP contribution >= 0.6 is 0 Å². The summed E-state index contributed by atoms with van der Waals surface area (Å²) in [5.41, 5.74) is 0.652. The number of hydrogen-bond donors (Lipinski definition) is 3. The van der Waals surface area contributed by atoms with Crippen LogP contribution in [0.15, 0.2) is 24.3 Å². The third kappa shape index (κ3) is 5.25. The van der Waals surface area contributed by atoms with Gasteiger partial charge in [-0.1, -0.05) is 0 Å². The maximum atomic E-state index is 13.5. The van der Waals surface area contributed by atoms with E-state index in [1.165, 1.54) is 0 Å². The van der Waals surface area contributed by atoms with E-state index in [9.17, 15) is 13.6 Å². The second-order valence-corrected chi connectivity index (χ2v) is 6.32. The maximum absolute atomic E-state index is 13.5. The Kier molecular flexibility index (Phi) is 6.00. The van der Waals surface area contributed by atoms with Crippen LogP contribution in [0.5, 0.6) is 0 Å². The van der Waals surface area contributed by atoms with Crippen molar-refractivity contribution in [1.82, 2.24) is 15.3 Å². The molecule has 27 heavy (non-hydrogen) atoms. The van der Waals surface area contributed by atoms with E-state index >= 15 is 0 Å². The number of amides is 2. The number of carbonyl (C=O) groups is 1. The number of halogens is 2. The number of anilines is 3. The smallest absolute Gasteiger partial charge is 0.319 e. The van der Waals surface area contributed by atoms with Crippen molar-refractivity contribution in [3.05, 3.63) is 41.6 Å². The number of urea groups is 1. The summed E-state index contributed by atoms with van der Waals surface area (Å²) in [6.45, 7) is 4.55. The Balaban J connectivity index is 1.47. The average molecular weight is 376 g/mol. The maximum Gasteiger partial charge on any atom is 0.319 e. The summed E-state index contributed by atoms with van der Waals surface area (Å²) in [5, 5.41) is 7.90. The van der Waals surface area contributed by atoms with Gasteiger partial charge in [0.05, 0.1) is 5.69 Å². The summed E-state index contributed by atoms with van der Waals surface area (Å²) < 4.78 is 26.6. The highest BCUT2D eigenvalue weighted by Gasteiger charge is 2.15. The molecule has 1 aromatic heterocycles. The Hall–Kier alpha value is -2.97. The molecule has 0 saturated carbocycles. The van der Waals surface area contributed by atoms with Crippen molar-refractivity contribution < 1.29 is 13.6 Å². The van der Waals surface area contributed by atoms with Crippen LogP contribution in [0.4, 0.5) is 31.0 Å². The van der Waals surface area contributed by atoms with Crippen LogP contribution in [0.3, 0.4) is 0 Å². The fraction of sp³-hybridized carbons (Fsp3) is 0.389. The molecule has 3 rings (SSSR count). The third-order valence-electron chi connectivity index (χ3n) is 4.14. The van der Waals surface area contributed by atoms with Gasteiger partial charge in [0.2, 0.25) is 5.95 Å². The predicted molar refractivity (Wildman–Crippen MR) is 100 cm³/mol. The van der Waals surface area contributed by atoms with Gasteiger partial charge in [0.1, 0.15) is 17.5 Å². The summed E-state index contributed by atoms with van der Waals surface area (Å²) in [6.07, 6.45) is 2.33. The molecular formula is C18H22F2N6O. The zero-order valence-corrected chi connectivity index (χ0v) is 15.1. The number of nitrogens with one attached hydrogen (secondary N) is 3. The Bertz CT molecular complexity index is 810. The van der Waals surface area contributed by atoms with Crippen molar-refractivity contribution in [3.8, 4) is 0 Å². The van der Waals surface area contributed by atoms with Gasteiger partial charge in [-0.25, -0.2) is 18.6 Å². The van der Waals surface area contributed by atoms with E-state index in [0.29, 0.717) is 12.5 Å². The van der Waals surface area contributed by atoms with Crippen molar-refractivity contribution in [1.29, 1.82) is 0 Å². The minimum atomic E-state index is -0.702. The molecule has 3 N–H and O–H groups in total. The molecule has 1 aliphatic heterocycles. The first-order valence-electron chi connectivity index (χ1n) is 8.86. The largest absolute Gasteiger partial charge is 0.356 e. The topological polar surface area (TPSA) is 82.2 Å². The molecule has 1 aromatic carbocycles. The van der Waals surface area contributed by atoms with Gasteiger partial charge in [-0.15, -0.1) is 0 Å². The van der Waals surface area contributed by atoms with Crippen molar-refractivity contribution >= 4 is 23.5 Å². The lowest BCUT2D eigenvalue weighted by atomic mass is 10.3. The van der Waals surface area contributed by atoms with Crippen molar-refractivity contribution in [2.45, 2.75) is 19.8 Å². The molecule has 0 unspecified atom stereocenters. The highest BCUT2D eigenvalue weighted by Crippen LogP contribution is 2.19. The molecule has 1 saturated heterocycles. The number of benzene rings is 1. The summed E-state index contributed by atoms with van der Waals surface area (Å²) in [4.78, 5) is 22.9. The Morgan fingerprint density at radius 2 is 1.93 bits per heavy atom. The van der Waals surface area contributed by atoms with Crippen LogP contribution in [0, 0.1) is 18.6 Å². The normalized spacial score (nSPS) is 13.5. The zero-order chi connectivity index (χ0) is 19.2. The molecule has 1 fully saturated rings. The highest BCUT2D eigenvalue weighted by atomic mass is 19.1. The molecule has 1 aliphatic rings. The second kappa shape index (κ2) is 8.61. The van der Waals surface area contributed by atoms with Gasteiger partial charge >= 0.3 is 6.03 Å². The van der Waals surface area contributed by atoms with E-state index in [1.54, 1.807) is 0 Å². The SMILES string of the molecule is Cc1cc(N2CCCC2)nc(NCCNC(=O)Nc2cc(F)ccc2F)n1. The van der Waals surface area contributed by atoms with Crippen LogP contribution in [0.25, 0.3) is 0 Å². The molecule has 2 heterocycles. The Morgan fingerprint density at radius 3 is 2.70 bits per heavy atom. The number of hydrogen-bond acceptors (Lipinski definition) is 5. The average Bonchev–Trinajstić information content (AvgIpc) is 3.16. The zero-order valence-electron chi connectivity index (χ0n) is 15.1. The van der Waals surface area contributed by atoms with Crippen molar-refractivity contribution in [2.75, 3.05) is 41.7 Å². The van der Waals surface area contributed by atoms with Crippen LogP contribution in [-0.2, 0) is 0 Å². The number of aromatic nitrogens is 2. The van der Waals surface area contributed by atoms with Crippen LogP contribution in [0.2, 0.25) is 0 Å². The Morgan fingerprint density at radius 1 is 1.15 bits per heavy atom. The van der Waals surface area contributed by atoms with Gasteiger partial charge in [-0.3, -0.25) is 0 Å². The monoisotopic (exact) mass is 376 g/mol. The quantitative estimate of drug-likeness (QED) is 0.676. The molecule has 0 bridgehead atoms. The van der Waals surface area contributed by atoms with Gasteiger partial charge in [0, 0.05) is 44.0 Å². The molecule has 0 spiro atoms. The molecular weight excluding hydrogens is 354 g/mol. The highest BCUT2D eigenvalue weighted by molar-refractivity contribution is 5.89.